The molecule has 0 fully saturated rings. The van der Waals surface area contributed by atoms with Crippen LogP contribution in [0.25, 0.3) is 0 Å². The molecule has 0 amide bonds. The summed E-state index contributed by atoms with van der Waals surface area (Å²) in [7, 11) is 0. The molecule has 1 heteroatoms. The normalized spacial score (nSPS) is 11.9. The molecule has 15 heavy (non-hydrogen) atoms. The topological polar surface area (TPSA) is 20.2 Å². The Balaban J connectivity index is 3.09. The average Bonchev–Trinajstić information content (AvgIpc) is 2.26. The van der Waals surface area contributed by atoms with Crippen molar-refractivity contribution in [2.24, 2.45) is 0 Å². The standard InChI is InChI=1S/C14H26O/c1-2-3-4-5-6-7-8-9-10-11-12-13-14-15/h9-12,15H,2-8,13-14H2,1H3/b10-9+,12-11+. The van der Waals surface area contributed by atoms with Crippen molar-refractivity contribution in [3.05, 3.63) is 24.3 Å². The number of rotatable bonds is 10. The molecular weight excluding hydrogens is 184 g/mol. The van der Waals surface area contributed by atoms with Gasteiger partial charge in [0.15, 0.2) is 0 Å². The second-order valence-corrected chi connectivity index (χ2v) is 3.93. The first-order valence-corrected chi connectivity index (χ1v) is 6.34. The average molecular weight is 210 g/mol. The van der Waals surface area contributed by atoms with E-state index in [0.29, 0.717) is 0 Å². The van der Waals surface area contributed by atoms with E-state index in [1.165, 1.54) is 44.9 Å². The van der Waals surface area contributed by atoms with Gasteiger partial charge < -0.3 is 5.11 Å². The van der Waals surface area contributed by atoms with Crippen LogP contribution in [0.4, 0.5) is 0 Å². The zero-order chi connectivity index (χ0) is 11.2. The van der Waals surface area contributed by atoms with Crippen molar-refractivity contribution in [1.82, 2.24) is 0 Å². The van der Waals surface area contributed by atoms with Crippen molar-refractivity contribution in [2.75, 3.05) is 6.61 Å². The maximum absolute atomic E-state index is 8.53. The van der Waals surface area contributed by atoms with Gasteiger partial charge in [-0.05, 0) is 19.3 Å². The molecule has 0 saturated carbocycles. The Kier molecular flexibility index (Phi) is 12.9. The molecule has 0 aromatic carbocycles. The first-order valence-electron chi connectivity index (χ1n) is 6.34. The van der Waals surface area contributed by atoms with Gasteiger partial charge in [-0.3, -0.25) is 0 Å². The van der Waals surface area contributed by atoms with Gasteiger partial charge in [-0.1, -0.05) is 63.3 Å². The van der Waals surface area contributed by atoms with Crippen LogP contribution < -0.4 is 0 Å². The second-order valence-electron chi connectivity index (χ2n) is 3.93. The second kappa shape index (κ2) is 13.4. The molecule has 0 aliphatic carbocycles. The van der Waals surface area contributed by atoms with Crippen LogP contribution in [-0.4, -0.2) is 11.7 Å². The Morgan fingerprint density at radius 1 is 0.800 bits per heavy atom. The molecule has 88 valence electrons. The fraction of sp³-hybridized carbons (Fsp3) is 0.714. The number of aliphatic hydroxyl groups excluding tert-OH is 1. The lowest BCUT2D eigenvalue weighted by Crippen LogP contribution is -1.77. The minimum atomic E-state index is 0.252. The summed E-state index contributed by atoms with van der Waals surface area (Å²) in [6.07, 6.45) is 18.5. The number of hydrogen-bond donors (Lipinski definition) is 1. The Morgan fingerprint density at radius 2 is 1.40 bits per heavy atom. The van der Waals surface area contributed by atoms with Crippen molar-refractivity contribution < 1.29 is 5.11 Å². The van der Waals surface area contributed by atoms with E-state index in [0.717, 1.165) is 6.42 Å². The van der Waals surface area contributed by atoms with Crippen molar-refractivity contribution in [2.45, 2.75) is 58.3 Å². The monoisotopic (exact) mass is 210 g/mol. The van der Waals surface area contributed by atoms with E-state index < -0.39 is 0 Å². The van der Waals surface area contributed by atoms with Crippen LogP contribution in [0.15, 0.2) is 24.3 Å². The molecule has 0 unspecified atom stereocenters. The Morgan fingerprint density at radius 3 is 2.07 bits per heavy atom. The Hall–Kier alpha value is -0.560. The van der Waals surface area contributed by atoms with E-state index in [9.17, 15) is 0 Å². The molecule has 0 saturated heterocycles. The quantitative estimate of drug-likeness (QED) is 0.422. The van der Waals surface area contributed by atoms with Gasteiger partial charge in [-0.15, -0.1) is 0 Å². The van der Waals surface area contributed by atoms with Gasteiger partial charge in [0, 0.05) is 6.61 Å². The lowest BCUT2D eigenvalue weighted by molar-refractivity contribution is 0.302. The zero-order valence-electron chi connectivity index (χ0n) is 10.1. The van der Waals surface area contributed by atoms with E-state index >= 15 is 0 Å². The van der Waals surface area contributed by atoms with Crippen LogP contribution in [0.1, 0.15) is 58.3 Å². The Labute approximate surface area is 94.9 Å². The van der Waals surface area contributed by atoms with E-state index in [2.05, 4.69) is 19.1 Å². The summed E-state index contributed by atoms with van der Waals surface area (Å²) in [6, 6.07) is 0. The third-order valence-electron chi connectivity index (χ3n) is 2.40. The summed E-state index contributed by atoms with van der Waals surface area (Å²) in [6.45, 7) is 2.50. The predicted octanol–water partition coefficient (Wildman–Crippen LogP) is 4.23. The molecule has 1 nitrogen and oxygen atoms in total. The maximum Gasteiger partial charge on any atom is 0.0465 e. The molecule has 0 radical (unpaired) electrons. The first-order chi connectivity index (χ1) is 7.41. The van der Waals surface area contributed by atoms with Crippen LogP contribution in [-0.2, 0) is 0 Å². The van der Waals surface area contributed by atoms with Crippen LogP contribution in [0, 0.1) is 0 Å². The summed E-state index contributed by atoms with van der Waals surface area (Å²) in [4.78, 5) is 0. The van der Waals surface area contributed by atoms with Gasteiger partial charge in [0.2, 0.25) is 0 Å². The number of aliphatic hydroxyl groups is 1. The third-order valence-corrected chi connectivity index (χ3v) is 2.40. The SMILES string of the molecule is CCCCCCCC/C=C/C=C/CCO. The van der Waals surface area contributed by atoms with Crippen LogP contribution in [0.3, 0.4) is 0 Å². The number of hydrogen-bond acceptors (Lipinski definition) is 1. The molecule has 0 aromatic rings. The van der Waals surface area contributed by atoms with Crippen molar-refractivity contribution in [3.63, 3.8) is 0 Å². The number of unbranched alkanes of at least 4 members (excludes halogenated alkanes) is 6. The fourth-order valence-corrected chi connectivity index (χ4v) is 1.47. The van der Waals surface area contributed by atoms with Crippen molar-refractivity contribution in [3.8, 4) is 0 Å². The lowest BCUT2D eigenvalue weighted by atomic mass is 10.1. The number of allylic oxidation sites excluding steroid dienone is 3. The molecule has 0 spiro atoms. The van der Waals surface area contributed by atoms with Crippen molar-refractivity contribution >= 4 is 0 Å². The molecule has 0 heterocycles. The van der Waals surface area contributed by atoms with Crippen LogP contribution in [0.2, 0.25) is 0 Å². The van der Waals surface area contributed by atoms with Gasteiger partial charge in [-0.25, -0.2) is 0 Å². The van der Waals surface area contributed by atoms with Gasteiger partial charge in [0.05, 0.1) is 0 Å². The molecule has 0 bridgehead atoms. The molecule has 0 aromatic heterocycles. The highest BCUT2D eigenvalue weighted by molar-refractivity contribution is 5.02. The lowest BCUT2D eigenvalue weighted by Gasteiger charge is -1.97. The minimum absolute atomic E-state index is 0.252. The molecule has 1 N–H and O–H groups in total. The Bertz CT molecular complexity index is 159. The molecule has 0 aliphatic heterocycles. The summed E-state index contributed by atoms with van der Waals surface area (Å²) in [5.74, 6) is 0. The minimum Gasteiger partial charge on any atom is -0.396 e. The molecule has 0 rings (SSSR count). The van der Waals surface area contributed by atoms with Crippen molar-refractivity contribution in [1.29, 1.82) is 0 Å². The zero-order valence-corrected chi connectivity index (χ0v) is 10.1. The maximum atomic E-state index is 8.53. The highest BCUT2D eigenvalue weighted by atomic mass is 16.2. The first kappa shape index (κ1) is 14.4. The van der Waals surface area contributed by atoms with Gasteiger partial charge in [0.1, 0.15) is 0 Å². The van der Waals surface area contributed by atoms with Gasteiger partial charge in [-0.2, -0.15) is 0 Å². The summed E-state index contributed by atoms with van der Waals surface area (Å²) >= 11 is 0. The van der Waals surface area contributed by atoms with E-state index in [4.69, 9.17) is 5.11 Å². The largest absolute Gasteiger partial charge is 0.396 e. The summed E-state index contributed by atoms with van der Waals surface area (Å²) in [5, 5.41) is 8.53. The van der Waals surface area contributed by atoms with Gasteiger partial charge >= 0.3 is 0 Å². The van der Waals surface area contributed by atoms with E-state index in [1.807, 2.05) is 12.2 Å². The third kappa shape index (κ3) is 13.4. The van der Waals surface area contributed by atoms with E-state index in [-0.39, 0.29) is 6.61 Å². The highest BCUT2D eigenvalue weighted by Gasteiger charge is 1.87. The molecule has 0 atom stereocenters. The summed E-state index contributed by atoms with van der Waals surface area (Å²) in [5.41, 5.74) is 0. The van der Waals surface area contributed by atoms with Gasteiger partial charge in [0.25, 0.3) is 0 Å². The smallest absolute Gasteiger partial charge is 0.0465 e. The fourth-order valence-electron chi connectivity index (χ4n) is 1.47. The van der Waals surface area contributed by atoms with Crippen LogP contribution in [0.5, 0.6) is 0 Å². The highest BCUT2D eigenvalue weighted by Crippen LogP contribution is 2.07. The van der Waals surface area contributed by atoms with Crippen LogP contribution >= 0.6 is 0 Å². The molecule has 0 aliphatic rings. The van der Waals surface area contributed by atoms with E-state index in [1.54, 1.807) is 0 Å². The predicted molar refractivity (Wildman–Crippen MR) is 68.0 cm³/mol. The summed E-state index contributed by atoms with van der Waals surface area (Å²) < 4.78 is 0. The molecular formula is C14H26O.